The highest BCUT2D eigenvalue weighted by Crippen LogP contribution is 2.40. The van der Waals surface area contributed by atoms with Crippen molar-refractivity contribution in [1.29, 1.82) is 0 Å². The molecule has 4 nitrogen and oxygen atoms in total. The number of hydrogen-bond acceptors (Lipinski definition) is 4. The first-order valence-corrected chi connectivity index (χ1v) is 6.48. The van der Waals surface area contributed by atoms with Crippen LogP contribution in [0.25, 0.3) is 0 Å². The molecule has 1 spiro atoms. The summed E-state index contributed by atoms with van der Waals surface area (Å²) in [6.07, 6.45) is 7.60. The Balaban J connectivity index is 1.65. The molecule has 4 heteroatoms. The largest absolute Gasteiger partial charge is 0.341 e. The maximum Gasteiger partial charge on any atom is 0.225 e. The molecule has 0 bridgehead atoms. The summed E-state index contributed by atoms with van der Waals surface area (Å²) in [5.41, 5.74) is 0.583. The van der Waals surface area contributed by atoms with Crippen molar-refractivity contribution in [3.05, 3.63) is 18.5 Å². The zero-order valence-electron chi connectivity index (χ0n) is 10.5. The van der Waals surface area contributed by atoms with Crippen LogP contribution < -0.4 is 4.90 Å². The van der Waals surface area contributed by atoms with Crippen LogP contribution in [0.3, 0.4) is 0 Å². The van der Waals surface area contributed by atoms with Crippen molar-refractivity contribution in [2.24, 2.45) is 5.41 Å². The van der Waals surface area contributed by atoms with Crippen LogP contribution in [-0.4, -0.2) is 48.1 Å². The fourth-order valence-corrected chi connectivity index (χ4v) is 3.20. The normalized spacial score (nSPS) is 24.4. The minimum atomic E-state index is 0.583. The third kappa shape index (κ3) is 2.14. The van der Waals surface area contributed by atoms with E-state index in [0.29, 0.717) is 5.41 Å². The molecular weight excluding hydrogens is 212 g/mol. The number of nitrogens with zero attached hydrogens (tertiary/aromatic N) is 4. The summed E-state index contributed by atoms with van der Waals surface area (Å²) in [6.45, 7) is 4.76. The van der Waals surface area contributed by atoms with Crippen molar-refractivity contribution in [3.8, 4) is 0 Å². The van der Waals surface area contributed by atoms with E-state index in [-0.39, 0.29) is 0 Å². The van der Waals surface area contributed by atoms with Crippen LogP contribution in [-0.2, 0) is 0 Å². The average Bonchev–Trinajstić information content (AvgIpc) is 2.73. The molecule has 0 atom stereocenters. The van der Waals surface area contributed by atoms with E-state index in [2.05, 4.69) is 26.8 Å². The van der Waals surface area contributed by atoms with Gasteiger partial charge in [-0.2, -0.15) is 0 Å². The Morgan fingerprint density at radius 2 is 1.71 bits per heavy atom. The fourth-order valence-electron chi connectivity index (χ4n) is 3.20. The first-order valence-electron chi connectivity index (χ1n) is 6.48. The number of anilines is 1. The second kappa shape index (κ2) is 4.26. The molecule has 2 aliphatic rings. The molecule has 2 aliphatic heterocycles. The van der Waals surface area contributed by atoms with Gasteiger partial charge in [0.25, 0.3) is 0 Å². The van der Waals surface area contributed by atoms with E-state index >= 15 is 0 Å². The highest BCUT2D eigenvalue weighted by atomic mass is 15.3. The van der Waals surface area contributed by atoms with Crippen molar-refractivity contribution in [2.75, 3.05) is 38.1 Å². The van der Waals surface area contributed by atoms with Crippen molar-refractivity contribution in [1.82, 2.24) is 14.9 Å². The van der Waals surface area contributed by atoms with Crippen LogP contribution in [0.5, 0.6) is 0 Å². The monoisotopic (exact) mass is 232 g/mol. The van der Waals surface area contributed by atoms with E-state index in [4.69, 9.17) is 0 Å². The lowest BCUT2D eigenvalue weighted by atomic mass is 9.78. The van der Waals surface area contributed by atoms with Gasteiger partial charge in [-0.25, -0.2) is 9.97 Å². The number of likely N-dealkylation sites (tertiary alicyclic amines) is 1. The summed E-state index contributed by atoms with van der Waals surface area (Å²) in [7, 11) is 2.24. The van der Waals surface area contributed by atoms with Crippen molar-refractivity contribution in [2.45, 2.75) is 19.3 Å². The van der Waals surface area contributed by atoms with Crippen LogP contribution in [0.1, 0.15) is 19.3 Å². The van der Waals surface area contributed by atoms with Gasteiger partial charge in [0, 0.05) is 32.0 Å². The fraction of sp³-hybridized carbons (Fsp3) is 0.692. The average molecular weight is 232 g/mol. The molecule has 0 unspecified atom stereocenters. The van der Waals surface area contributed by atoms with Gasteiger partial charge < -0.3 is 9.80 Å². The van der Waals surface area contributed by atoms with Crippen molar-refractivity contribution in [3.63, 3.8) is 0 Å². The molecule has 0 aliphatic carbocycles. The Labute approximate surface area is 103 Å². The highest BCUT2D eigenvalue weighted by molar-refractivity contribution is 5.29. The molecule has 0 aromatic carbocycles. The van der Waals surface area contributed by atoms with E-state index in [0.717, 1.165) is 19.0 Å². The Morgan fingerprint density at radius 1 is 1.06 bits per heavy atom. The molecule has 0 radical (unpaired) electrons. The molecule has 3 heterocycles. The maximum absolute atomic E-state index is 4.34. The van der Waals surface area contributed by atoms with E-state index in [1.54, 1.807) is 0 Å². The first-order chi connectivity index (χ1) is 8.27. The zero-order chi connectivity index (χ0) is 11.7. The van der Waals surface area contributed by atoms with Gasteiger partial charge in [0.1, 0.15) is 0 Å². The molecule has 0 N–H and O–H groups in total. The zero-order valence-corrected chi connectivity index (χ0v) is 10.5. The van der Waals surface area contributed by atoms with Crippen molar-refractivity contribution < 1.29 is 0 Å². The van der Waals surface area contributed by atoms with Gasteiger partial charge in [0.15, 0.2) is 0 Å². The van der Waals surface area contributed by atoms with Crippen LogP contribution in [0, 0.1) is 5.41 Å². The summed E-state index contributed by atoms with van der Waals surface area (Å²) in [5, 5.41) is 0. The smallest absolute Gasteiger partial charge is 0.225 e. The molecule has 2 fully saturated rings. The van der Waals surface area contributed by atoms with Crippen LogP contribution in [0.15, 0.2) is 18.5 Å². The third-order valence-corrected chi connectivity index (χ3v) is 4.29. The molecule has 0 saturated carbocycles. The van der Waals surface area contributed by atoms with Gasteiger partial charge >= 0.3 is 0 Å². The van der Waals surface area contributed by atoms with Gasteiger partial charge in [-0.05, 0) is 44.3 Å². The Bertz CT molecular complexity index is 370. The van der Waals surface area contributed by atoms with Crippen LogP contribution >= 0.6 is 0 Å². The van der Waals surface area contributed by atoms with Crippen LogP contribution in [0.4, 0.5) is 5.95 Å². The second-order valence-corrected chi connectivity index (χ2v) is 5.52. The molecule has 3 rings (SSSR count). The number of rotatable bonds is 1. The summed E-state index contributed by atoms with van der Waals surface area (Å²) in [6, 6.07) is 1.88. The van der Waals surface area contributed by atoms with Gasteiger partial charge in [-0.3, -0.25) is 0 Å². The van der Waals surface area contributed by atoms with Crippen molar-refractivity contribution >= 4 is 5.95 Å². The maximum atomic E-state index is 4.34. The quantitative estimate of drug-likeness (QED) is 0.732. The molecule has 0 amide bonds. The molecule has 92 valence electrons. The van der Waals surface area contributed by atoms with Crippen LogP contribution in [0.2, 0.25) is 0 Å². The van der Waals surface area contributed by atoms with Gasteiger partial charge in [0.2, 0.25) is 5.95 Å². The number of aromatic nitrogens is 2. The highest BCUT2D eigenvalue weighted by Gasteiger charge is 2.39. The first kappa shape index (κ1) is 11.0. The lowest BCUT2D eigenvalue weighted by molar-refractivity contribution is 0.221. The topological polar surface area (TPSA) is 32.3 Å². The van der Waals surface area contributed by atoms with E-state index in [9.17, 15) is 0 Å². The summed E-state index contributed by atoms with van der Waals surface area (Å²) < 4.78 is 0. The molecular formula is C13H20N4. The molecule has 1 aromatic rings. The summed E-state index contributed by atoms with van der Waals surface area (Å²) >= 11 is 0. The standard InChI is InChI=1S/C13H20N4/c1-16-8-3-13(11-16)4-9-17(10-5-13)12-14-6-2-7-15-12/h2,6-7H,3-5,8-11H2,1H3. The van der Waals surface area contributed by atoms with Gasteiger partial charge in [0.05, 0.1) is 0 Å². The Kier molecular flexibility index (Phi) is 2.74. The molecule has 17 heavy (non-hydrogen) atoms. The predicted octanol–water partition coefficient (Wildman–Crippen LogP) is 1.40. The molecule has 1 aromatic heterocycles. The second-order valence-electron chi connectivity index (χ2n) is 5.52. The predicted molar refractivity (Wildman–Crippen MR) is 68.0 cm³/mol. The Hall–Kier alpha value is -1.16. The lowest BCUT2D eigenvalue weighted by Gasteiger charge is -2.39. The summed E-state index contributed by atoms with van der Waals surface area (Å²) in [4.78, 5) is 13.5. The SMILES string of the molecule is CN1CCC2(CCN(c3ncccn3)CC2)C1. The van der Waals surface area contributed by atoms with E-state index in [1.807, 2.05) is 18.5 Å². The minimum Gasteiger partial charge on any atom is -0.341 e. The van der Waals surface area contributed by atoms with Gasteiger partial charge in [-0.15, -0.1) is 0 Å². The third-order valence-electron chi connectivity index (χ3n) is 4.29. The van der Waals surface area contributed by atoms with E-state index in [1.165, 1.54) is 32.4 Å². The minimum absolute atomic E-state index is 0.583. The molecule has 2 saturated heterocycles. The Morgan fingerprint density at radius 3 is 2.29 bits per heavy atom. The van der Waals surface area contributed by atoms with E-state index < -0.39 is 0 Å². The number of hydrogen-bond donors (Lipinski definition) is 0. The summed E-state index contributed by atoms with van der Waals surface area (Å²) in [5.74, 6) is 0.897. The number of piperidine rings is 1. The lowest BCUT2D eigenvalue weighted by Crippen LogP contribution is -2.42. The van der Waals surface area contributed by atoms with Gasteiger partial charge in [-0.1, -0.05) is 0 Å².